The first kappa shape index (κ1) is 17.4. The molecule has 0 saturated heterocycles. The molecule has 3 nitrogen and oxygen atoms in total. The predicted molar refractivity (Wildman–Crippen MR) is 94.6 cm³/mol. The fraction of sp³-hybridized carbons (Fsp3) is 0.222. The van der Waals surface area contributed by atoms with Crippen LogP contribution in [-0.2, 0) is 6.18 Å². The highest BCUT2D eigenvalue weighted by Gasteiger charge is 2.30. The molecular weight excluding hydrogens is 349 g/mol. The topological polar surface area (TPSA) is 33.2 Å². The van der Waals surface area contributed by atoms with Crippen molar-refractivity contribution < 1.29 is 13.2 Å². The zero-order valence-electron chi connectivity index (χ0n) is 13.4. The Morgan fingerprint density at radius 1 is 1.08 bits per heavy atom. The summed E-state index contributed by atoms with van der Waals surface area (Å²) in [6.07, 6.45) is -3.61. The molecule has 1 aromatic heterocycles. The minimum Gasteiger partial charge on any atom is -0.318 e. The van der Waals surface area contributed by atoms with Crippen molar-refractivity contribution in [1.82, 2.24) is 4.98 Å². The molecule has 0 N–H and O–H groups in total. The molecule has 0 spiro atoms. The number of nitrogens with zero attached hydrogens (tertiary/aromatic N) is 2. The van der Waals surface area contributed by atoms with Gasteiger partial charge in [0, 0.05) is 16.9 Å². The second-order valence-electron chi connectivity index (χ2n) is 5.49. The fourth-order valence-corrected chi connectivity index (χ4v) is 3.55. The van der Waals surface area contributed by atoms with Crippen LogP contribution in [0.15, 0.2) is 53.3 Å². The summed E-state index contributed by atoms with van der Waals surface area (Å²) in [6, 6.07) is 12.1. The molecule has 0 aliphatic carbocycles. The minimum absolute atomic E-state index is 0.336. The third-order valence-corrected chi connectivity index (χ3v) is 4.77. The molecule has 0 saturated carbocycles. The van der Waals surface area contributed by atoms with Crippen LogP contribution in [0.5, 0.6) is 0 Å². The van der Waals surface area contributed by atoms with Gasteiger partial charge in [0.2, 0.25) is 0 Å². The van der Waals surface area contributed by atoms with Gasteiger partial charge in [-0.25, -0.2) is 0 Å². The van der Waals surface area contributed by atoms with Gasteiger partial charge in [0.15, 0.2) is 5.13 Å². The lowest BCUT2D eigenvalue weighted by Crippen LogP contribution is -2.21. The Bertz CT molecular complexity index is 935. The van der Waals surface area contributed by atoms with Crippen LogP contribution in [0.1, 0.15) is 18.9 Å². The number of fused-ring (bicyclic) bond motifs is 1. The van der Waals surface area contributed by atoms with E-state index >= 15 is 0 Å². The van der Waals surface area contributed by atoms with Crippen LogP contribution < -0.4 is 10.5 Å². The van der Waals surface area contributed by atoms with E-state index in [0.717, 1.165) is 23.3 Å². The van der Waals surface area contributed by atoms with E-state index in [4.69, 9.17) is 0 Å². The van der Waals surface area contributed by atoms with Crippen molar-refractivity contribution >= 4 is 32.2 Å². The van der Waals surface area contributed by atoms with E-state index in [9.17, 15) is 18.0 Å². The summed E-state index contributed by atoms with van der Waals surface area (Å²) < 4.78 is 39.1. The first-order valence-corrected chi connectivity index (χ1v) is 8.56. The molecule has 2 aromatic carbocycles. The maximum atomic E-state index is 12.8. The summed E-state index contributed by atoms with van der Waals surface area (Å²) >= 11 is 1.35. The minimum atomic E-state index is -4.37. The molecule has 3 rings (SSSR count). The molecule has 0 radical (unpaired) electrons. The number of hydrogen-bond donors (Lipinski definition) is 0. The number of halogens is 3. The Labute approximate surface area is 146 Å². The molecule has 0 aliphatic heterocycles. The molecule has 0 aliphatic rings. The Kier molecular flexibility index (Phi) is 4.76. The molecule has 0 amide bonds. The maximum absolute atomic E-state index is 12.8. The van der Waals surface area contributed by atoms with Gasteiger partial charge in [-0.2, -0.15) is 18.2 Å². The molecule has 1 heterocycles. The van der Waals surface area contributed by atoms with Gasteiger partial charge in [-0.15, -0.1) is 0 Å². The van der Waals surface area contributed by atoms with Crippen LogP contribution in [0, 0.1) is 0 Å². The van der Waals surface area contributed by atoms with Crippen LogP contribution >= 0.6 is 11.3 Å². The summed E-state index contributed by atoms with van der Waals surface area (Å²) in [6.45, 7) is 2.51. The zero-order chi connectivity index (χ0) is 18.0. The van der Waals surface area contributed by atoms with Gasteiger partial charge >= 0.3 is 6.18 Å². The molecule has 25 heavy (non-hydrogen) atoms. The third kappa shape index (κ3) is 3.66. The van der Waals surface area contributed by atoms with Gasteiger partial charge < -0.3 is 4.90 Å². The molecule has 0 atom stereocenters. The SMILES string of the molecule is CCCN(c1ccc(C(F)(F)F)cc1)c1nc(=O)c2ccccc2s1. The molecule has 0 fully saturated rings. The monoisotopic (exact) mass is 364 g/mol. The molecule has 7 heteroatoms. The van der Waals surface area contributed by atoms with Crippen molar-refractivity contribution in [1.29, 1.82) is 0 Å². The number of benzene rings is 2. The summed E-state index contributed by atoms with van der Waals surface area (Å²) in [4.78, 5) is 18.2. The number of aromatic nitrogens is 1. The van der Waals surface area contributed by atoms with Crippen LogP contribution in [-0.4, -0.2) is 11.5 Å². The molecule has 0 bridgehead atoms. The highest BCUT2D eigenvalue weighted by atomic mass is 32.1. The number of hydrogen-bond acceptors (Lipinski definition) is 4. The molecule has 3 aromatic rings. The lowest BCUT2D eigenvalue weighted by Gasteiger charge is -2.23. The number of alkyl halides is 3. The Hall–Kier alpha value is -2.41. The molecule has 130 valence electrons. The lowest BCUT2D eigenvalue weighted by atomic mass is 10.2. The second-order valence-corrected chi connectivity index (χ2v) is 6.50. The average molecular weight is 364 g/mol. The number of rotatable bonds is 4. The van der Waals surface area contributed by atoms with Gasteiger partial charge in [-0.05, 0) is 42.8 Å². The van der Waals surface area contributed by atoms with Gasteiger partial charge in [-0.1, -0.05) is 30.4 Å². The Balaban J connectivity index is 2.06. The van der Waals surface area contributed by atoms with E-state index in [1.54, 1.807) is 17.0 Å². The highest BCUT2D eigenvalue weighted by molar-refractivity contribution is 7.21. The van der Waals surface area contributed by atoms with E-state index < -0.39 is 11.7 Å². The summed E-state index contributed by atoms with van der Waals surface area (Å²) in [7, 11) is 0. The quantitative estimate of drug-likeness (QED) is 0.636. The van der Waals surface area contributed by atoms with E-state index in [1.165, 1.54) is 23.5 Å². The first-order valence-electron chi connectivity index (χ1n) is 7.75. The molecule has 0 unspecified atom stereocenters. The Morgan fingerprint density at radius 2 is 1.76 bits per heavy atom. The zero-order valence-corrected chi connectivity index (χ0v) is 14.2. The van der Waals surface area contributed by atoms with Crippen molar-refractivity contribution in [2.45, 2.75) is 19.5 Å². The van der Waals surface area contributed by atoms with Gasteiger partial charge in [0.05, 0.1) is 10.9 Å². The predicted octanol–water partition coefficient (Wildman–Crippen LogP) is 5.22. The van der Waals surface area contributed by atoms with Crippen molar-refractivity contribution in [3.8, 4) is 0 Å². The molecular formula is C18H15F3N2OS. The van der Waals surface area contributed by atoms with Crippen LogP contribution in [0.4, 0.5) is 24.0 Å². The van der Waals surface area contributed by atoms with E-state index in [0.29, 0.717) is 22.7 Å². The van der Waals surface area contributed by atoms with Gasteiger partial charge in [0.1, 0.15) is 0 Å². The second kappa shape index (κ2) is 6.84. The van der Waals surface area contributed by atoms with Crippen LogP contribution in [0.2, 0.25) is 0 Å². The van der Waals surface area contributed by atoms with Crippen molar-refractivity contribution in [3.63, 3.8) is 0 Å². The van der Waals surface area contributed by atoms with Crippen molar-refractivity contribution in [2.24, 2.45) is 0 Å². The normalized spacial score (nSPS) is 11.7. The first-order chi connectivity index (χ1) is 11.9. The number of anilines is 2. The summed E-state index contributed by atoms with van der Waals surface area (Å²) in [5, 5.41) is 1.02. The van der Waals surface area contributed by atoms with Crippen molar-refractivity contribution in [3.05, 3.63) is 64.4 Å². The third-order valence-electron chi connectivity index (χ3n) is 3.70. The van der Waals surface area contributed by atoms with Crippen LogP contribution in [0.3, 0.4) is 0 Å². The Morgan fingerprint density at radius 3 is 2.40 bits per heavy atom. The van der Waals surface area contributed by atoms with E-state index in [1.807, 2.05) is 19.1 Å². The maximum Gasteiger partial charge on any atom is 0.416 e. The van der Waals surface area contributed by atoms with Gasteiger partial charge in [0.25, 0.3) is 5.56 Å². The average Bonchev–Trinajstić information content (AvgIpc) is 2.59. The summed E-state index contributed by atoms with van der Waals surface area (Å²) in [5.41, 5.74) is -0.460. The van der Waals surface area contributed by atoms with Crippen molar-refractivity contribution in [2.75, 3.05) is 11.4 Å². The van der Waals surface area contributed by atoms with E-state index in [2.05, 4.69) is 4.98 Å². The fourth-order valence-electron chi connectivity index (χ4n) is 2.51. The highest BCUT2D eigenvalue weighted by Crippen LogP contribution is 2.33. The largest absolute Gasteiger partial charge is 0.416 e. The van der Waals surface area contributed by atoms with E-state index in [-0.39, 0.29) is 5.56 Å². The summed E-state index contributed by atoms with van der Waals surface area (Å²) in [5.74, 6) is 0. The smallest absolute Gasteiger partial charge is 0.318 e. The van der Waals surface area contributed by atoms with Gasteiger partial charge in [-0.3, -0.25) is 4.79 Å². The standard InChI is InChI=1S/C18H15F3N2OS/c1-2-11-23(13-9-7-12(8-10-13)18(19,20)21)17-22-16(24)14-5-3-4-6-15(14)25-17/h3-10H,2,11H2,1H3. The lowest BCUT2D eigenvalue weighted by molar-refractivity contribution is -0.137. The van der Waals surface area contributed by atoms with Crippen LogP contribution in [0.25, 0.3) is 10.1 Å².